The molecule has 1 aromatic rings. The van der Waals surface area contributed by atoms with Gasteiger partial charge < -0.3 is 4.90 Å². The van der Waals surface area contributed by atoms with E-state index in [1.807, 2.05) is 24.0 Å². The summed E-state index contributed by atoms with van der Waals surface area (Å²) in [6.45, 7) is 5.69. The minimum absolute atomic E-state index is 0.0338. The molecule has 0 unspecified atom stereocenters. The standard InChI is InChI=1S/C12H18N2O/c1-3-5-10-14(4-2)12(15)11-8-6-7-9-13-11/h6-9H,3-5,10H2,1-2H3. The van der Waals surface area contributed by atoms with E-state index in [0.717, 1.165) is 25.9 Å². The first-order chi connectivity index (χ1) is 7.29. The van der Waals surface area contributed by atoms with Gasteiger partial charge in [0.25, 0.3) is 5.91 Å². The second kappa shape index (κ2) is 6.17. The molecule has 0 aliphatic rings. The number of hydrogen-bond donors (Lipinski definition) is 0. The van der Waals surface area contributed by atoms with Crippen LogP contribution in [0.4, 0.5) is 0 Å². The fraction of sp³-hybridized carbons (Fsp3) is 0.500. The average Bonchev–Trinajstić information content (AvgIpc) is 2.31. The van der Waals surface area contributed by atoms with Gasteiger partial charge in [0, 0.05) is 19.3 Å². The van der Waals surface area contributed by atoms with Crippen LogP contribution < -0.4 is 0 Å². The third-order valence-corrected chi connectivity index (χ3v) is 2.33. The lowest BCUT2D eigenvalue weighted by Gasteiger charge is -2.19. The number of nitrogens with zero attached hydrogens (tertiary/aromatic N) is 2. The number of carbonyl (C=O) groups excluding carboxylic acids is 1. The van der Waals surface area contributed by atoms with Crippen molar-refractivity contribution in [3.8, 4) is 0 Å². The normalized spacial score (nSPS) is 10.0. The summed E-state index contributed by atoms with van der Waals surface area (Å²) < 4.78 is 0. The SMILES string of the molecule is CCCCN(CC)C(=O)c1ccccn1. The molecule has 3 nitrogen and oxygen atoms in total. The average molecular weight is 206 g/mol. The van der Waals surface area contributed by atoms with Crippen molar-refractivity contribution in [3.05, 3.63) is 30.1 Å². The third kappa shape index (κ3) is 3.35. The summed E-state index contributed by atoms with van der Waals surface area (Å²) in [7, 11) is 0. The van der Waals surface area contributed by atoms with Gasteiger partial charge in [-0.1, -0.05) is 19.4 Å². The molecule has 1 heterocycles. The maximum Gasteiger partial charge on any atom is 0.272 e. The van der Waals surface area contributed by atoms with E-state index >= 15 is 0 Å². The highest BCUT2D eigenvalue weighted by Gasteiger charge is 2.13. The van der Waals surface area contributed by atoms with Gasteiger partial charge in [-0.05, 0) is 25.5 Å². The Morgan fingerprint density at radius 1 is 1.40 bits per heavy atom. The molecule has 0 radical (unpaired) electrons. The molecule has 15 heavy (non-hydrogen) atoms. The second-order valence-corrected chi connectivity index (χ2v) is 3.45. The molecule has 1 aromatic heterocycles. The highest BCUT2D eigenvalue weighted by atomic mass is 16.2. The lowest BCUT2D eigenvalue weighted by atomic mass is 10.2. The van der Waals surface area contributed by atoms with Crippen molar-refractivity contribution in [1.29, 1.82) is 0 Å². The minimum Gasteiger partial charge on any atom is -0.338 e. The molecule has 0 aliphatic heterocycles. The van der Waals surface area contributed by atoms with Crippen molar-refractivity contribution in [2.45, 2.75) is 26.7 Å². The Labute approximate surface area is 91.1 Å². The van der Waals surface area contributed by atoms with E-state index < -0.39 is 0 Å². The maximum atomic E-state index is 11.9. The van der Waals surface area contributed by atoms with E-state index in [2.05, 4.69) is 11.9 Å². The molecule has 0 spiro atoms. The van der Waals surface area contributed by atoms with Crippen molar-refractivity contribution < 1.29 is 4.79 Å². The Morgan fingerprint density at radius 3 is 2.73 bits per heavy atom. The Balaban J connectivity index is 2.65. The zero-order chi connectivity index (χ0) is 11.1. The van der Waals surface area contributed by atoms with Gasteiger partial charge in [-0.25, -0.2) is 0 Å². The van der Waals surface area contributed by atoms with Crippen LogP contribution in [0, 0.1) is 0 Å². The van der Waals surface area contributed by atoms with Gasteiger partial charge in [-0.2, -0.15) is 0 Å². The number of amides is 1. The largest absolute Gasteiger partial charge is 0.338 e. The van der Waals surface area contributed by atoms with Crippen molar-refractivity contribution in [2.24, 2.45) is 0 Å². The van der Waals surface area contributed by atoms with Gasteiger partial charge in [0.2, 0.25) is 0 Å². The van der Waals surface area contributed by atoms with Crippen LogP contribution in [0.5, 0.6) is 0 Å². The molecule has 0 saturated heterocycles. The number of unbranched alkanes of at least 4 members (excludes halogenated alkanes) is 1. The first-order valence-electron chi connectivity index (χ1n) is 5.49. The molecular weight excluding hydrogens is 188 g/mol. The lowest BCUT2D eigenvalue weighted by Crippen LogP contribution is -2.32. The van der Waals surface area contributed by atoms with E-state index in [1.165, 1.54) is 0 Å². The zero-order valence-corrected chi connectivity index (χ0v) is 9.44. The molecule has 0 bridgehead atoms. The van der Waals surface area contributed by atoms with Gasteiger partial charge in [0.1, 0.15) is 5.69 Å². The molecule has 0 aromatic carbocycles. The molecule has 0 fully saturated rings. The molecule has 0 N–H and O–H groups in total. The van der Waals surface area contributed by atoms with Crippen molar-refractivity contribution >= 4 is 5.91 Å². The molecular formula is C12H18N2O. The first-order valence-corrected chi connectivity index (χ1v) is 5.49. The Bertz CT molecular complexity index is 298. The van der Waals surface area contributed by atoms with Crippen molar-refractivity contribution in [2.75, 3.05) is 13.1 Å². The summed E-state index contributed by atoms with van der Waals surface area (Å²) >= 11 is 0. The minimum atomic E-state index is 0.0338. The number of rotatable bonds is 5. The molecule has 0 atom stereocenters. The van der Waals surface area contributed by atoms with Crippen molar-refractivity contribution in [3.63, 3.8) is 0 Å². The molecule has 82 valence electrons. The van der Waals surface area contributed by atoms with Crippen LogP contribution >= 0.6 is 0 Å². The van der Waals surface area contributed by atoms with Crippen molar-refractivity contribution in [1.82, 2.24) is 9.88 Å². The maximum absolute atomic E-state index is 11.9. The lowest BCUT2D eigenvalue weighted by molar-refractivity contribution is 0.0756. The predicted octanol–water partition coefficient (Wildman–Crippen LogP) is 2.34. The number of carbonyl (C=O) groups is 1. The summed E-state index contributed by atoms with van der Waals surface area (Å²) in [6.07, 6.45) is 3.80. The van der Waals surface area contributed by atoms with Crippen LogP contribution in [0.1, 0.15) is 37.2 Å². The summed E-state index contributed by atoms with van der Waals surface area (Å²) in [4.78, 5) is 17.8. The third-order valence-electron chi connectivity index (χ3n) is 2.33. The van der Waals surface area contributed by atoms with Crippen LogP contribution in [0.3, 0.4) is 0 Å². The molecule has 0 aliphatic carbocycles. The van der Waals surface area contributed by atoms with Gasteiger partial charge in [-0.15, -0.1) is 0 Å². The number of aromatic nitrogens is 1. The fourth-order valence-corrected chi connectivity index (χ4v) is 1.40. The van der Waals surface area contributed by atoms with E-state index in [4.69, 9.17) is 0 Å². The van der Waals surface area contributed by atoms with E-state index in [1.54, 1.807) is 12.3 Å². The van der Waals surface area contributed by atoms with E-state index in [0.29, 0.717) is 5.69 Å². The van der Waals surface area contributed by atoms with Crippen LogP contribution in [0.15, 0.2) is 24.4 Å². The van der Waals surface area contributed by atoms with Gasteiger partial charge in [-0.3, -0.25) is 9.78 Å². The monoisotopic (exact) mass is 206 g/mol. The predicted molar refractivity (Wildman–Crippen MR) is 60.7 cm³/mol. The van der Waals surface area contributed by atoms with Crippen LogP contribution in [0.2, 0.25) is 0 Å². The quantitative estimate of drug-likeness (QED) is 0.741. The molecule has 1 amide bonds. The Kier molecular flexibility index (Phi) is 4.81. The van der Waals surface area contributed by atoms with E-state index in [-0.39, 0.29) is 5.91 Å². The Morgan fingerprint density at radius 2 is 2.20 bits per heavy atom. The molecule has 0 saturated carbocycles. The van der Waals surface area contributed by atoms with Crippen LogP contribution in [-0.2, 0) is 0 Å². The summed E-state index contributed by atoms with van der Waals surface area (Å²) in [5.74, 6) is 0.0338. The van der Waals surface area contributed by atoms with Gasteiger partial charge >= 0.3 is 0 Å². The fourth-order valence-electron chi connectivity index (χ4n) is 1.40. The van der Waals surface area contributed by atoms with Gasteiger partial charge in [0.05, 0.1) is 0 Å². The summed E-state index contributed by atoms with van der Waals surface area (Å²) in [5, 5.41) is 0. The smallest absolute Gasteiger partial charge is 0.272 e. The number of pyridine rings is 1. The Hall–Kier alpha value is -1.38. The first kappa shape index (κ1) is 11.7. The number of hydrogen-bond acceptors (Lipinski definition) is 2. The van der Waals surface area contributed by atoms with Crippen LogP contribution in [0.25, 0.3) is 0 Å². The van der Waals surface area contributed by atoms with E-state index in [9.17, 15) is 4.79 Å². The topological polar surface area (TPSA) is 33.2 Å². The van der Waals surface area contributed by atoms with Gasteiger partial charge in [0.15, 0.2) is 0 Å². The molecule has 3 heteroatoms. The highest BCUT2D eigenvalue weighted by Crippen LogP contribution is 2.03. The second-order valence-electron chi connectivity index (χ2n) is 3.45. The summed E-state index contributed by atoms with van der Waals surface area (Å²) in [5.41, 5.74) is 0.537. The highest BCUT2D eigenvalue weighted by molar-refractivity contribution is 5.92. The molecule has 1 rings (SSSR count). The zero-order valence-electron chi connectivity index (χ0n) is 9.44. The summed E-state index contributed by atoms with van der Waals surface area (Å²) in [6, 6.07) is 5.42. The van der Waals surface area contributed by atoms with Crippen LogP contribution in [-0.4, -0.2) is 28.9 Å².